The molecule has 0 unspecified atom stereocenters. The topological polar surface area (TPSA) is 50.1 Å². The molecule has 3 N–H and O–H groups in total. The molecule has 1 aliphatic heterocycles. The molecule has 0 amide bonds. The summed E-state index contributed by atoms with van der Waals surface area (Å²) in [6.07, 6.45) is 2.90. The minimum atomic E-state index is 0.572. The van der Waals surface area contributed by atoms with E-state index in [4.69, 9.17) is 17.0 Å². The van der Waals surface area contributed by atoms with Gasteiger partial charge in [-0.3, -0.25) is 5.43 Å². The summed E-state index contributed by atoms with van der Waals surface area (Å²) in [6, 6.07) is 6.29. The number of rotatable bonds is 6. The molecule has 0 spiro atoms. The van der Waals surface area contributed by atoms with Crippen LogP contribution in [0.5, 0.6) is 0 Å². The minimum Gasteiger partial charge on any atom is -0.370 e. The number of thiocarbonyl (C=S) groups is 1. The van der Waals surface area contributed by atoms with E-state index in [0.29, 0.717) is 5.11 Å². The van der Waals surface area contributed by atoms with Gasteiger partial charge >= 0.3 is 0 Å². The average molecular weight is 335 g/mol. The Bertz CT molecular complexity index is 541. The first-order valence-corrected chi connectivity index (χ1v) is 8.61. The summed E-state index contributed by atoms with van der Waals surface area (Å²) in [6.45, 7) is 10.2. The number of ether oxygens (including phenoxy) is 1. The van der Waals surface area contributed by atoms with Crippen LogP contribution < -0.4 is 15.6 Å². The SMILES string of the molecule is Cc1ccc(/C=N\NC(=S)NCCC[NH+]2CCOCC2)c(C)c1. The fourth-order valence-corrected chi connectivity index (χ4v) is 2.78. The lowest BCUT2D eigenvalue weighted by Crippen LogP contribution is -3.14. The van der Waals surface area contributed by atoms with Crippen LogP contribution >= 0.6 is 12.2 Å². The lowest BCUT2D eigenvalue weighted by molar-refractivity contribution is -0.908. The smallest absolute Gasteiger partial charge is 0.186 e. The Balaban J connectivity index is 1.61. The lowest BCUT2D eigenvalue weighted by atomic mass is 10.1. The number of nitrogens with one attached hydrogen (secondary N) is 3. The van der Waals surface area contributed by atoms with Crippen LogP contribution in [-0.2, 0) is 4.74 Å². The van der Waals surface area contributed by atoms with Gasteiger partial charge in [0.2, 0.25) is 0 Å². The summed E-state index contributed by atoms with van der Waals surface area (Å²) in [5.74, 6) is 0. The van der Waals surface area contributed by atoms with Crippen molar-refractivity contribution >= 4 is 23.5 Å². The van der Waals surface area contributed by atoms with E-state index in [1.807, 2.05) is 0 Å². The summed E-state index contributed by atoms with van der Waals surface area (Å²) >= 11 is 5.23. The number of benzene rings is 1. The molecule has 1 saturated heterocycles. The molecule has 126 valence electrons. The Kier molecular flexibility index (Phi) is 7.45. The van der Waals surface area contributed by atoms with Crippen LogP contribution in [0.2, 0.25) is 0 Å². The first-order chi connectivity index (χ1) is 11.1. The Morgan fingerprint density at radius 2 is 2.13 bits per heavy atom. The van der Waals surface area contributed by atoms with E-state index in [-0.39, 0.29) is 0 Å². The molecule has 0 bridgehead atoms. The molecule has 0 saturated carbocycles. The Morgan fingerprint density at radius 1 is 1.35 bits per heavy atom. The van der Waals surface area contributed by atoms with Crippen LogP contribution in [0.25, 0.3) is 0 Å². The van der Waals surface area contributed by atoms with Crippen LogP contribution in [0, 0.1) is 13.8 Å². The quantitative estimate of drug-likeness (QED) is 0.305. The number of morpholine rings is 1. The van der Waals surface area contributed by atoms with Crippen molar-refractivity contribution in [1.29, 1.82) is 0 Å². The molecule has 0 radical (unpaired) electrons. The van der Waals surface area contributed by atoms with Crippen LogP contribution in [0.15, 0.2) is 23.3 Å². The van der Waals surface area contributed by atoms with Crippen molar-refractivity contribution < 1.29 is 9.64 Å². The lowest BCUT2D eigenvalue weighted by Gasteiger charge is -2.23. The summed E-state index contributed by atoms with van der Waals surface area (Å²) in [5, 5.41) is 7.97. The molecule has 1 heterocycles. The highest BCUT2D eigenvalue weighted by Gasteiger charge is 2.12. The van der Waals surface area contributed by atoms with Gasteiger partial charge in [0, 0.05) is 13.0 Å². The summed E-state index contributed by atoms with van der Waals surface area (Å²) in [5.41, 5.74) is 6.44. The number of hydrogen-bond acceptors (Lipinski definition) is 3. The van der Waals surface area contributed by atoms with Gasteiger partial charge in [0.1, 0.15) is 13.1 Å². The van der Waals surface area contributed by atoms with Gasteiger partial charge in [-0.1, -0.05) is 23.8 Å². The number of quaternary nitrogens is 1. The van der Waals surface area contributed by atoms with Crippen LogP contribution in [0.1, 0.15) is 23.1 Å². The molecular formula is C17H27N4OS+. The van der Waals surface area contributed by atoms with Crippen molar-refractivity contribution in [2.24, 2.45) is 5.10 Å². The van der Waals surface area contributed by atoms with Crippen molar-refractivity contribution in [1.82, 2.24) is 10.7 Å². The molecule has 0 atom stereocenters. The monoisotopic (exact) mass is 335 g/mol. The van der Waals surface area contributed by atoms with Gasteiger partial charge in [0.05, 0.1) is 26.0 Å². The van der Waals surface area contributed by atoms with Crippen molar-refractivity contribution in [3.8, 4) is 0 Å². The first kappa shape index (κ1) is 17.8. The zero-order valence-electron chi connectivity index (χ0n) is 14.0. The largest absolute Gasteiger partial charge is 0.370 e. The van der Waals surface area contributed by atoms with Crippen molar-refractivity contribution in [2.45, 2.75) is 20.3 Å². The van der Waals surface area contributed by atoms with E-state index < -0.39 is 0 Å². The van der Waals surface area contributed by atoms with E-state index in [2.05, 4.69) is 47.9 Å². The van der Waals surface area contributed by atoms with Crippen molar-refractivity contribution in [2.75, 3.05) is 39.4 Å². The van der Waals surface area contributed by atoms with Crippen LogP contribution in [-0.4, -0.2) is 50.7 Å². The normalized spacial score (nSPS) is 15.7. The number of hydrogen-bond donors (Lipinski definition) is 3. The van der Waals surface area contributed by atoms with E-state index in [1.54, 1.807) is 11.1 Å². The summed E-state index contributed by atoms with van der Waals surface area (Å²) in [4.78, 5) is 1.62. The molecular weight excluding hydrogens is 308 g/mol. The molecule has 0 aromatic heterocycles. The second-order valence-corrected chi connectivity index (χ2v) is 6.36. The highest BCUT2D eigenvalue weighted by molar-refractivity contribution is 7.80. The van der Waals surface area contributed by atoms with E-state index in [1.165, 1.54) is 11.1 Å². The minimum absolute atomic E-state index is 0.572. The molecule has 5 nitrogen and oxygen atoms in total. The van der Waals surface area contributed by atoms with E-state index in [9.17, 15) is 0 Å². The Labute approximate surface area is 144 Å². The van der Waals surface area contributed by atoms with Gasteiger partial charge in [-0.15, -0.1) is 0 Å². The molecule has 6 heteroatoms. The molecule has 1 aliphatic rings. The molecule has 2 rings (SSSR count). The van der Waals surface area contributed by atoms with E-state index >= 15 is 0 Å². The maximum absolute atomic E-state index is 5.36. The molecule has 1 aromatic carbocycles. The zero-order chi connectivity index (χ0) is 16.5. The third-order valence-corrected chi connectivity index (χ3v) is 4.22. The maximum Gasteiger partial charge on any atom is 0.186 e. The summed E-state index contributed by atoms with van der Waals surface area (Å²) < 4.78 is 5.36. The standard InChI is InChI=1S/C17H26N4OS/c1-14-4-5-16(15(2)12-14)13-19-20-17(23)18-6-3-7-21-8-10-22-11-9-21/h4-5,12-13H,3,6-11H2,1-2H3,(H2,18,20,23)/p+1/b19-13-. The van der Waals surface area contributed by atoms with Gasteiger partial charge in [-0.25, -0.2) is 0 Å². The first-order valence-electron chi connectivity index (χ1n) is 8.20. The molecule has 1 fully saturated rings. The molecule has 1 aromatic rings. The highest BCUT2D eigenvalue weighted by atomic mass is 32.1. The second-order valence-electron chi connectivity index (χ2n) is 5.95. The zero-order valence-corrected chi connectivity index (χ0v) is 14.8. The fourth-order valence-electron chi connectivity index (χ4n) is 2.62. The number of nitrogens with zero attached hydrogens (tertiary/aromatic N) is 1. The van der Waals surface area contributed by atoms with Crippen LogP contribution in [0.4, 0.5) is 0 Å². The van der Waals surface area contributed by atoms with Gasteiger partial charge < -0.3 is 15.0 Å². The van der Waals surface area contributed by atoms with E-state index in [0.717, 1.165) is 51.4 Å². The summed E-state index contributed by atoms with van der Waals surface area (Å²) in [7, 11) is 0. The van der Waals surface area contributed by atoms with Crippen LogP contribution in [0.3, 0.4) is 0 Å². The third kappa shape index (κ3) is 6.64. The van der Waals surface area contributed by atoms with Gasteiger partial charge in [-0.2, -0.15) is 5.10 Å². The predicted octanol–water partition coefficient (Wildman–Crippen LogP) is 0.407. The second kappa shape index (κ2) is 9.60. The number of hydrazone groups is 1. The van der Waals surface area contributed by atoms with Crippen molar-refractivity contribution in [3.63, 3.8) is 0 Å². The van der Waals surface area contributed by atoms with Gasteiger partial charge in [0.25, 0.3) is 0 Å². The fraction of sp³-hybridized carbons (Fsp3) is 0.529. The molecule has 23 heavy (non-hydrogen) atoms. The number of aryl methyl sites for hydroxylation is 2. The maximum atomic E-state index is 5.36. The highest BCUT2D eigenvalue weighted by Crippen LogP contribution is 2.07. The van der Waals surface area contributed by atoms with Gasteiger partial charge in [-0.05, 0) is 37.2 Å². The average Bonchev–Trinajstić information content (AvgIpc) is 2.55. The Hall–Kier alpha value is -1.50. The van der Waals surface area contributed by atoms with Gasteiger partial charge in [0.15, 0.2) is 5.11 Å². The Morgan fingerprint density at radius 3 is 2.87 bits per heavy atom. The van der Waals surface area contributed by atoms with Crippen molar-refractivity contribution in [3.05, 3.63) is 34.9 Å². The predicted molar refractivity (Wildman–Crippen MR) is 98.2 cm³/mol. The third-order valence-electron chi connectivity index (χ3n) is 3.99. The molecule has 0 aliphatic carbocycles.